The van der Waals surface area contributed by atoms with Crippen LogP contribution >= 0.6 is 0 Å². The van der Waals surface area contributed by atoms with Crippen molar-refractivity contribution in [2.45, 2.75) is 71.0 Å². The highest BCUT2D eigenvalue weighted by Gasteiger charge is 2.61. The standard InChI is InChI=1S/C23H30F3N3O/c1-21(2)16-9-11-22(21,3)19(13-16)27-20(30)29-14-17(15-7-5-4-6-8-15)18(28-29)10-12-23(24,25)26/h4-8,16-17,19H,9-14H2,1-3H3,(H,27,30)/t16-,17?,19+,22+/m1/s1. The molecule has 1 heterocycles. The molecule has 1 N–H and O–H groups in total. The number of carbonyl (C=O) groups is 1. The smallest absolute Gasteiger partial charge is 0.333 e. The number of alkyl halides is 3. The third-order valence-corrected chi connectivity index (χ3v) is 8.20. The number of hydrogen-bond donors (Lipinski definition) is 1. The highest BCUT2D eigenvalue weighted by molar-refractivity contribution is 5.94. The van der Waals surface area contributed by atoms with E-state index in [1.165, 1.54) is 11.4 Å². The lowest BCUT2D eigenvalue weighted by atomic mass is 9.69. The molecule has 1 unspecified atom stereocenters. The summed E-state index contributed by atoms with van der Waals surface area (Å²) in [6.07, 6.45) is -2.14. The van der Waals surface area contributed by atoms with E-state index in [0.29, 0.717) is 11.6 Å². The minimum absolute atomic E-state index is 0.0364. The second-order valence-corrected chi connectivity index (χ2v) is 9.86. The Morgan fingerprint density at radius 2 is 1.93 bits per heavy atom. The zero-order valence-corrected chi connectivity index (χ0v) is 17.8. The summed E-state index contributed by atoms with van der Waals surface area (Å²) in [7, 11) is 0. The number of rotatable bonds is 4. The van der Waals surface area contributed by atoms with E-state index >= 15 is 0 Å². The van der Waals surface area contributed by atoms with Crippen LogP contribution in [0.4, 0.5) is 18.0 Å². The number of carbonyl (C=O) groups excluding carboxylic acids is 1. The van der Waals surface area contributed by atoms with E-state index in [9.17, 15) is 18.0 Å². The first-order chi connectivity index (χ1) is 14.0. The van der Waals surface area contributed by atoms with Crippen LogP contribution < -0.4 is 5.32 Å². The molecule has 1 aromatic carbocycles. The van der Waals surface area contributed by atoms with Gasteiger partial charge in [0.05, 0.1) is 6.54 Å². The normalized spacial score (nSPS) is 32.4. The van der Waals surface area contributed by atoms with Gasteiger partial charge in [0.1, 0.15) is 0 Å². The van der Waals surface area contributed by atoms with Crippen molar-refractivity contribution in [3.05, 3.63) is 35.9 Å². The van der Waals surface area contributed by atoms with Crippen LogP contribution in [0.5, 0.6) is 0 Å². The van der Waals surface area contributed by atoms with E-state index in [1.54, 1.807) is 0 Å². The number of hydrogen-bond acceptors (Lipinski definition) is 2. The third kappa shape index (κ3) is 3.60. The van der Waals surface area contributed by atoms with Gasteiger partial charge in [0, 0.05) is 24.1 Å². The van der Waals surface area contributed by atoms with Gasteiger partial charge in [-0.3, -0.25) is 0 Å². The minimum atomic E-state index is -4.25. The highest BCUT2D eigenvalue weighted by atomic mass is 19.4. The van der Waals surface area contributed by atoms with Gasteiger partial charge in [-0.15, -0.1) is 0 Å². The van der Waals surface area contributed by atoms with Crippen molar-refractivity contribution in [3.63, 3.8) is 0 Å². The van der Waals surface area contributed by atoms with Crippen LogP contribution in [0.2, 0.25) is 0 Å². The highest BCUT2D eigenvalue weighted by Crippen LogP contribution is 2.65. The van der Waals surface area contributed by atoms with Gasteiger partial charge >= 0.3 is 12.2 Å². The van der Waals surface area contributed by atoms with Crippen LogP contribution in [0, 0.1) is 16.7 Å². The number of urea groups is 1. The molecule has 164 valence electrons. The van der Waals surface area contributed by atoms with E-state index in [4.69, 9.17) is 0 Å². The number of amides is 2. The summed E-state index contributed by atoms with van der Waals surface area (Å²) in [5.41, 5.74) is 1.52. The van der Waals surface area contributed by atoms with E-state index in [-0.39, 0.29) is 41.8 Å². The lowest BCUT2D eigenvalue weighted by Crippen LogP contribution is -2.50. The lowest BCUT2D eigenvalue weighted by Gasteiger charge is -2.39. The summed E-state index contributed by atoms with van der Waals surface area (Å²) in [6.45, 7) is 7.09. The molecule has 4 atom stereocenters. The summed E-state index contributed by atoms with van der Waals surface area (Å²) >= 11 is 0. The summed E-state index contributed by atoms with van der Waals surface area (Å²) < 4.78 is 38.5. The van der Waals surface area contributed by atoms with Gasteiger partial charge in [-0.1, -0.05) is 51.1 Å². The average molecular weight is 422 g/mol. The third-order valence-electron chi connectivity index (χ3n) is 8.20. The van der Waals surface area contributed by atoms with E-state index in [0.717, 1.165) is 18.4 Å². The van der Waals surface area contributed by atoms with E-state index in [1.807, 2.05) is 30.3 Å². The van der Waals surface area contributed by atoms with Crippen molar-refractivity contribution < 1.29 is 18.0 Å². The van der Waals surface area contributed by atoms with Crippen LogP contribution in [0.3, 0.4) is 0 Å². The Bertz CT molecular complexity index is 836. The first-order valence-electron chi connectivity index (χ1n) is 10.8. The molecule has 0 saturated heterocycles. The molecule has 1 aromatic rings. The van der Waals surface area contributed by atoms with Crippen LogP contribution in [0.25, 0.3) is 0 Å². The molecule has 1 aliphatic heterocycles. The zero-order valence-electron chi connectivity index (χ0n) is 17.8. The molecular formula is C23H30F3N3O. The summed E-state index contributed by atoms with van der Waals surface area (Å²) in [5.74, 6) is 0.292. The van der Waals surface area contributed by atoms with Crippen molar-refractivity contribution in [1.82, 2.24) is 10.3 Å². The van der Waals surface area contributed by atoms with Crippen LogP contribution in [0.15, 0.2) is 35.4 Å². The molecule has 2 bridgehead atoms. The molecule has 3 aliphatic rings. The molecule has 0 aromatic heterocycles. The maximum atomic E-state index is 13.0. The number of benzene rings is 1. The Morgan fingerprint density at radius 3 is 2.50 bits per heavy atom. The van der Waals surface area contributed by atoms with Gasteiger partial charge in [0.2, 0.25) is 0 Å². The summed E-state index contributed by atoms with van der Waals surface area (Å²) in [6, 6.07) is 9.13. The Morgan fingerprint density at radius 1 is 1.23 bits per heavy atom. The number of hydrazone groups is 1. The first kappa shape index (κ1) is 21.2. The maximum absolute atomic E-state index is 13.0. The lowest BCUT2D eigenvalue weighted by molar-refractivity contribution is -0.132. The van der Waals surface area contributed by atoms with Crippen molar-refractivity contribution in [1.29, 1.82) is 0 Å². The van der Waals surface area contributed by atoms with E-state index in [2.05, 4.69) is 31.2 Å². The van der Waals surface area contributed by atoms with Gasteiger partial charge in [0.25, 0.3) is 0 Å². The predicted molar refractivity (Wildman–Crippen MR) is 110 cm³/mol. The molecule has 30 heavy (non-hydrogen) atoms. The second-order valence-electron chi connectivity index (χ2n) is 9.86. The number of nitrogens with one attached hydrogen (secondary N) is 1. The molecule has 2 aliphatic carbocycles. The quantitative estimate of drug-likeness (QED) is 0.665. The number of nitrogens with zero attached hydrogens (tertiary/aromatic N) is 2. The Kier molecular flexibility index (Phi) is 5.14. The van der Waals surface area contributed by atoms with Gasteiger partial charge in [-0.25, -0.2) is 9.80 Å². The number of fused-ring (bicyclic) bond motifs is 2. The van der Waals surface area contributed by atoms with Crippen LogP contribution in [-0.4, -0.2) is 35.5 Å². The molecule has 0 radical (unpaired) electrons. The average Bonchev–Trinajstić information content (AvgIpc) is 3.26. The van der Waals surface area contributed by atoms with Gasteiger partial charge in [0.15, 0.2) is 0 Å². The molecule has 7 heteroatoms. The molecule has 2 saturated carbocycles. The maximum Gasteiger partial charge on any atom is 0.389 e. The largest absolute Gasteiger partial charge is 0.389 e. The van der Waals surface area contributed by atoms with Gasteiger partial charge < -0.3 is 5.32 Å². The van der Waals surface area contributed by atoms with Gasteiger partial charge in [-0.2, -0.15) is 18.3 Å². The molecule has 2 fully saturated rings. The SMILES string of the molecule is CC1(C)[C@@H]2CC[C@@]1(C)[C@@H](NC(=O)N1CC(c3ccccc3)C(CCC(F)(F)F)=N1)C2. The van der Waals surface area contributed by atoms with Crippen molar-refractivity contribution in [2.24, 2.45) is 21.8 Å². The molecular weight excluding hydrogens is 391 g/mol. The van der Waals surface area contributed by atoms with Crippen molar-refractivity contribution in [2.75, 3.05) is 6.54 Å². The molecule has 4 rings (SSSR count). The Labute approximate surface area is 175 Å². The fourth-order valence-electron chi connectivity index (χ4n) is 5.79. The number of halogens is 3. The summed E-state index contributed by atoms with van der Waals surface area (Å²) in [4.78, 5) is 13.0. The Hall–Kier alpha value is -2.05. The Balaban J connectivity index is 1.49. The predicted octanol–water partition coefficient (Wildman–Crippen LogP) is 5.71. The summed E-state index contributed by atoms with van der Waals surface area (Å²) in [5, 5.41) is 8.86. The second kappa shape index (κ2) is 7.27. The van der Waals surface area contributed by atoms with E-state index < -0.39 is 12.6 Å². The topological polar surface area (TPSA) is 44.7 Å². The zero-order chi connectivity index (χ0) is 21.7. The molecule has 0 spiro atoms. The van der Waals surface area contributed by atoms with Crippen molar-refractivity contribution >= 4 is 11.7 Å². The monoisotopic (exact) mass is 421 g/mol. The first-order valence-corrected chi connectivity index (χ1v) is 10.8. The minimum Gasteiger partial charge on any atom is -0.333 e. The fraction of sp³-hybridized carbons (Fsp3) is 0.652. The van der Waals surface area contributed by atoms with Crippen LogP contribution in [-0.2, 0) is 0 Å². The molecule has 2 amide bonds. The fourth-order valence-corrected chi connectivity index (χ4v) is 5.79. The molecule has 4 nitrogen and oxygen atoms in total. The van der Waals surface area contributed by atoms with Crippen LogP contribution in [0.1, 0.15) is 64.4 Å². The van der Waals surface area contributed by atoms with Gasteiger partial charge in [-0.05, 0) is 48.0 Å². The van der Waals surface area contributed by atoms with Crippen molar-refractivity contribution in [3.8, 4) is 0 Å².